The van der Waals surface area contributed by atoms with Crippen LogP contribution in [0, 0.1) is 0 Å². The van der Waals surface area contributed by atoms with Crippen LogP contribution in [0.2, 0.25) is 0 Å². The van der Waals surface area contributed by atoms with Crippen LogP contribution in [0.5, 0.6) is 5.75 Å². The lowest BCUT2D eigenvalue weighted by Crippen LogP contribution is -2.25. The molecule has 0 radical (unpaired) electrons. The fraction of sp³-hybridized carbons (Fsp3) is 0.190. The number of methoxy groups -OCH3 is 1. The molecule has 7 heteroatoms. The number of carbonyl (C=O) groups excluding carboxylic acids is 1. The third-order valence-electron chi connectivity index (χ3n) is 4.67. The first-order chi connectivity index (χ1) is 13.7. The van der Waals surface area contributed by atoms with E-state index in [-0.39, 0.29) is 11.6 Å². The number of pyridine rings is 2. The molecule has 28 heavy (non-hydrogen) atoms. The van der Waals surface area contributed by atoms with Gasteiger partial charge in [0.25, 0.3) is 5.91 Å². The van der Waals surface area contributed by atoms with Gasteiger partial charge in [-0.15, -0.1) is 0 Å². The predicted molar refractivity (Wildman–Crippen MR) is 110 cm³/mol. The van der Waals surface area contributed by atoms with E-state index in [2.05, 4.69) is 15.3 Å². The lowest BCUT2D eigenvalue weighted by atomic mass is 10.0. The maximum absolute atomic E-state index is 12.5. The fourth-order valence-electron chi connectivity index (χ4n) is 3.35. The summed E-state index contributed by atoms with van der Waals surface area (Å²) in [5, 5.41) is 3.77. The van der Waals surface area contributed by atoms with Crippen LogP contribution < -0.4 is 15.8 Å². The van der Waals surface area contributed by atoms with E-state index in [0.29, 0.717) is 23.8 Å². The summed E-state index contributed by atoms with van der Waals surface area (Å²) in [4.78, 5) is 21.5. The number of carbonyl (C=O) groups is 1. The number of hydrogen-bond acceptors (Lipinski definition) is 5. The molecule has 0 bridgehead atoms. The molecule has 7 nitrogen and oxygen atoms in total. The third-order valence-corrected chi connectivity index (χ3v) is 4.67. The fourth-order valence-corrected chi connectivity index (χ4v) is 3.35. The highest BCUT2D eigenvalue weighted by Crippen LogP contribution is 2.38. The van der Waals surface area contributed by atoms with E-state index in [1.807, 2.05) is 43.3 Å². The van der Waals surface area contributed by atoms with Gasteiger partial charge in [-0.2, -0.15) is 0 Å². The van der Waals surface area contributed by atoms with Gasteiger partial charge in [-0.3, -0.25) is 14.2 Å². The van der Waals surface area contributed by atoms with Crippen molar-refractivity contribution in [2.45, 2.75) is 13.3 Å². The van der Waals surface area contributed by atoms with Crippen LogP contribution in [-0.4, -0.2) is 33.9 Å². The molecule has 0 saturated heterocycles. The molecule has 3 heterocycles. The maximum atomic E-state index is 12.5. The molecule has 0 aliphatic heterocycles. The molecule has 0 aliphatic carbocycles. The van der Waals surface area contributed by atoms with E-state index >= 15 is 0 Å². The molecule has 0 saturated carbocycles. The van der Waals surface area contributed by atoms with Gasteiger partial charge in [-0.1, -0.05) is 13.0 Å². The van der Waals surface area contributed by atoms with Crippen LogP contribution in [-0.2, 0) is 0 Å². The van der Waals surface area contributed by atoms with Crippen LogP contribution >= 0.6 is 0 Å². The van der Waals surface area contributed by atoms with Crippen LogP contribution in [0.15, 0.2) is 48.8 Å². The first-order valence-corrected chi connectivity index (χ1v) is 9.12. The molecule has 3 N–H and O–H groups in total. The number of nitrogens with zero attached hydrogens (tertiary/aromatic N) is 3. The molecule has 4 aromatic rings. The summed E-state index contributed by atoms with van der Waals surface area (Å²) in [6.07, 6.45) is 4.39. The summed E-state index contributed by atoms with van der Waals surface area (Å²) in [5.41, 5.74) is 9.58. The van der Waals surface area contributed by atoms with E-state index in [9.17, 15) is 4.79 Å². The molecule has 0 aliphatic rings. The number of ether oxygens (including phenoxy) is 1. The zero-order chi connectivity index (χ0) is 19.7. The molecular formula is C21H21N5O2. The molecule has 3 aromatic heterocycles. The molecule has 142 valence electrons. The van der Waals surface area contributed by atoms with E-state index in [0.717, 1.165) is 28.5 Å². The van der Waals surface area contributed by atoms with Gasteiger partial charge in [0.2, 0.25) is 0 Å². The van der Waals surface area contributed by atoms with Crippen molar-refractivity contribution in [2.24, 2.45) is 0 Å². The zero-order valence-corrected chi connectivity index (χ0v) is 15.8. The monoisotopic (exact) mass is 375 g/mol. The lowest BCUT2D eigenvalue weighted by Gasteiger charge is -2.12. The Labute approximate surface area is 162 Å². The number of aromatic nitrogens is 3. The molecule has 1 aromatic carbocycles. The van der Waals surface area contributed by atoms with Crippen LogP contribution in [0.1, 0.15) is 23.8 Å². The van der Waals surface area contributed by atoms with Gasteiger partial charge < -0.3 is 15.8 Å². The van der Waals surface area contributed by atoms with Crippen molar-refractivity contribution >= 4 is 28.3 Å². The van der Waals surface area contributed by atoms with Crippen molar-refractivity contribution in [1.29, 1.82) is 0 Å². The van der Waals surface area contributed by atoms with Gasteiger partial charge in [0.1, 0.15) is 17.2 Å². The minimum atomic E-state index is -0.277. The first kappa shape index (κ1) is 17.8. The minimum Gasteiger partial charge on any atom is -0.496 e. The molecule has 0 atom stereocenters. The number of fused-ring (bicyclic) bond motifs is 2. The number of rotatable bonds is 5. The van der Waals surface area contributed by atoms with Crippen molar-refractivity contribution in [3.8, 4) is 16.9 Å². The van der Waals surface area contributed by atoms with Crippen molar-refractivity contribution < 1.29 is 9.53 Å². The topological polar surface area (TPSA) is 94.5 Å². The average molecular weight is 375 g/mol. The van der Waals surface area contributed by atoms with Gasteiger partial charge in [0, 0.05) is 35.5 Å². The molecule has 0 fully saturated rings. The Morgan fingerprint density at radius 2 is 2.11 bits per heavy atom. The molecule has 0 spiro atoms. The van der Waals surface area contributed by atoms with Crippen LogP contribution in [0.3, 0.4) is 0 Å². The SMILES string of the molecule is CCCNC(=O)c1nc2c(-c3c(OC)ccc4ncccc34)cccn2c1N. The van der Waals surface area contributed by atoms with Gasteiger partial charge in [0.05, 0.1) is 12.6 Å². The van der Waals surface area contributed by atoms with Crippen molar-refractivity contribution in [1.82, 2.24) is 19.7 Å². The number of nitrogens with two attached hydrogens (primary N) is 1. The predicted octanol–water partition coefficient (Wildman–Crippen LogP) is 3.28. The molecule has 0 unspecified atom stereocenters. The summed E-state index contributed by atoms with van der Waals surface area (Å²) < 4.78 is 7.35. The summed E-state index contributed by atoms with van der Waals surface area (Å²) >= 11 is 0. The number of nitrogens with one attached hydrogen (secondary N) is 1. The molecule has 1 amide bonds. The Bertz CT molecular complexity index is 1180. The second kappa shape index (κ2) is 7.19. The first-order valence-electron chi connectivity index (χ1n) is 9.12. The van der Waals surface area contributed by atoms with Crippen LogP contribution in [0.4, 0.5) is 5.82 Å². The molecular weight excluding hydrogens is 354 g/mol. The summed E-state index contributed by atoms with van der Waals surface area (Å²) in [6, 6.07) is 11.5. The Balaban J connectivity index is 1.98. The molecule has 4 rings (SSSR count). The second-order valence-corrected chi connectivity index (χ2v) is 6.43. The number of benzene rings is 1. The number of amides is 1. The Kier molecular flexibility index (Phi) is 4.57. The number of hydrogen-bond donors (Lipinski definition) is 2. The Morgan fingerprint density at radius 1 is 1.25 bits per heavy atom. The normalized spacial score (nSPS) is 11.1. The third kappa shape index (κ3) is 2.81. The van der Waals surface area contributed by atoms with E-state index in [4.69, 9.17) is 10.5 Å². The Morgan fingerprint density at radius 3 is 2.89 bits per heavy atom. The highest BCUT2D eigenvalue weighted by Gasteiger charge is 2.21. The van der Waals surface area contributed by atoms with E-state index in [1.54, 1.807) is 23.9 Å². The highest BCUT2D eigenvalue weighted by atomic mass is 16.5. The van der Waals surface area contributed by atoms with Gasteiger partial charge in [-0.25, -0.2) is 4.98 Å². The van der Waals surface area contributed by atoms with Crippen molar-refractivity contribution in [2.75, 3.05) is 19.4 Å². The Hall–Kier alpha value is -3.61. The quantitative estimate of drug-likeness (QED) is 0.558. The average Bonchev–Trinajstić information content (AvgIpc) is 3.08. The summed E-state index contributed by atoms with van der Waals surface area (Å²) in [5.74, 6) is 0.732. The van der Waals surface area contributed by atoms with Gasteiger partial charge in [0.15, 0.2) is 5.69 Å². The largest absolute Gasteiger partial charge is 0.496 e. The minimum absolute atomic E-state index is 0.221. The highest BCUT2D eigenvalue weighted by molar-refractivity contribution is 6.03. The standard InChI is InChI=1S/C21H21N5O2/c1-3-10-24-21(27)18-19(22)26-12-5-7-14(20(26)25-18)17-13-6-4-11-23-15(13)8-9-16(17)28-2/h4-9,11-12H,3,10,22H2,1-2H3,(H,24,27). The zero-order valence-electron chi connectivity index (χ0n) is 15.8. The summed E-state index contributed by atoms with van der Waals surface area (Å²) in [6.45, 7) is 2.56. The number of nitrogen functional groups attached to an aromatic ring is 1. The van der Waals surface area contributed by atoms with Crippen LogP contribution in [0.25, 0.3) is 27.7 Å². The van der Waals surface area contributed by atoms with E-state index < -0.39 is 0 Å². The number of anilines is 1. The maximum Gasteiger partial charge on any atom is 0.273 e. The van der Waals surface area contributed by atoms with E-state index in [1.165, 1.54) is 0 Å². The van der Waals surface area contributed by atoms with Gasteiger partial charge in [-0.05, 0) is 36.8 Å². The van der Waals surface area contributed by atoms with Crippen molar-refractivity contribution in [3.05, 3.63) is 54.5 Å². The van der Waals surface area contributed by atoms with Crippen molar-refractivity contribution in [3.63, 3.8) is 0 Å². The van der Waals surface area contributed by atoms with Gasteiger partial charge >= 0.3 is 0 Å². The lowest BCUT2D eigenvalue weighted by molar-refractivity contribution is 0.0950. The summed E-state index contributed by atoms with van der Waals surface area (Å²) in [7, 11) is 1.63. The second-order valence-electron chi connectivity index (χ2n) is 6.43. The number of imidazole rings is 1. The smallest absolute Gasteiger partial charge is 0.273 e.